The average Bonchev–Trinajstić information content (AvgIpc) is 2.21. The van der Waals surface area contributed by atoms with Gasteiger partial charge in [0.05, 0.1) is 0 Å². The number of halogens is 2. The average molecular weight is 313 g/mol. The van der Waals surface area contributed by atoms with Crippen molar-refractivity contribution in [3.05, 3.63) is 45.3 Å². The van der Waals surface area contributed by atoms with Gasteiger partial charge in [-0.05, 0) is 49.2 Å². The van der Waals surface area contributed by atoms with E-state index in [-0.39, 0.29) is 5.28 Å². The third-order valence-electron chi connectivity index (χ3n) is 2.28. The van der Waals surface area contributed by atoms with Gasteiger partial charge in [-0.25, -0.2) is 9.97 Å². The predicted octanol–water partition coefficient (Wildman–Crippen LogP) is 4.25. The molecule has 1 aromatic carbocycles. The topological polar surface area (TPSA) is 37.8 Å². The second kappa shape index (κ2) is 5.02. The van der Waals surface area contributed by atoms with Crippen LogP contribution in [-0.2, 0) is 0 Å². The van der Waals surface area contributed by atoms with Crippen molar-refractivity contribution in [3.8, 4) is 0 Å². The Bertz CT molecular complexity index is 537. The molecule has 0 aliphatic carbocycles. The lowest BCUT2D eigenvalue weighted by Crippen LogP contribution is -1.98. The number of rotatable bonds is 2. The minimum atomic E-state index is 0.252. The highest BCUT2D eigenvalue weighted by atomic mass is 79.9. The summed E-state index contributed by atoms with van der Waals surface area (Å²) in [5.74, 6) is 0.702. The van der Waals surface area contributed by atoms with Gasteiger partial charge < -0.3 is 5.32 Å². The number of nitrogens with zero attached hydrogens (tertiary/aromatic N) is 2. The lowest BCUT2D eigenvalue weighted by molar-refractivity contribution is 1.10. The van der Waals surface area contributed by atoms with Gasteiger partial charge >= 0.3 is 0 Å². The van der Waals surface area contributed by atoms with Gasteiger partial charge in [-0.2, -0.15) is 0 Å². The van der Waals surface area contributed by atoms with Crippen molar-refractivity contribution >= 4 is 39.0 Å². The van der Waals surface area contributed by atoms with Crippen LogP contribution in [0, 0.1) is 13.8 Å². The van der Waals surface area contributed by atoms with Crippen LogP contribution in [0.2, 0.25) is 5.28 Å². The monoisotopic (exact) mass is 311 g/mol. The fourth-order valence-electron chi connectivity index (χ4n) is 1.50. The summed E-state index contributed by atoms with van der Waals surface area (Å²) in [7, 11) is 0. The maximum Gasteiger partial charge on any atom is 0.224 e. The van der Waals surface area contributed by atoms with Crippen molar-refractivity contribution in [1.29, 1.82) is 0 Å². The molecule has 0 aliphatic rings. The van der Waals surface area contributed by atoms with Gasteiger partial charge in [-0.15, -0.1) is 0 Å². The molecule has 3 nitrogen and oxygen atoms in total. The molecule has 0 spiro atoms. The normalized spacial score (nSPS) is 10.4. The van der Waals surface area contributed by atoms with Crippen LogP contribution in [0.3, 0.4) is 0 Å². The van der Waals surface area contributed by atoms with Crippen molar-refractivity contribution in [2.75, 3.05) is 5.32 Å². The molecule has 5 heteroatoms. The molecule has 0 amide bonds. The van der Waals surface area contributed by atoms with Crippen LogP contribution in [0.5, 0.6) is 0 Å². The van der Waals surface area contributed by atoms with E-state index in [9.17, 15) is 0 Å². The predicted molar refractivity (Wildman–Crippen MR) is 73.9 cm³/mol. The van der Waals surface area contributed by atoms with Crippen molar-refractivity contribution in [1.82, 2.24) is 9.97 Å². The molecule has 0 radical (unpaired) electrons. The zero-order valence-electron chi connectivity index (χ0n) is 9.46. The molecule has 1 N–H and O–H groups in total. The Morgan fingerprint density at radius 1 is 1.18 bits per heavy atom. The molecule has 88 valence electrons. The van der Waals surface area contributed by atoms with E-state index >= 15 is 0 Å². The molecule has 0 bridgehead atoms. The number of aryl methyl sites for hydroxylation is 2. The third-order valence-corrected chi connectivity index (χ3v) is 2.94. The van der Waals surface area contributed by atoms with E-state index in [2.05, 4.69) is 31.2 Å². The summed E-state index contributed by atoms with van der Waals surface area (Å²) in [4.78, 5) is 8.14. The van der Waals surface area contributed by atoms with Crippen molar-refractivity contribution in [2.45, 2.75) is 13.8 Å². The van der Waals surface area contributed by atoms with E-state index in [0.29, 0.717) is 5.82 Å². The summed E-state index contributed by atoms with van der Waals surface area (Å²) in [5, 5.41) is 3.48. The minimum absolute atomic E-state index is 0.252. The number of hydrogen-bond acceptors (Lipinski definition) is 3. The van der Waals surface area contributed by atoms with E-state index < -0.39 is 0 Å². The molecular weight excluding hydrogens is 302 g/mol. The fourth-order valence-corrected chi connectivity index (χ4v) is 2.20. The molecule has 0 aliphatic heterocycles. The van der Waals surface area contributed by atoms with Gasteiger partial charge in [-0.1, -0.05) is 15.9 Å². The van der Waals surface area contributed by atoms with Crippen LogP contribution in [0.4, 0.5) is 11.5 Å². The first kappa shape index (κ1) is 12.3. The number of aromatic nitrogens is 2. The second-order valence-electron chi connectivity index (χ2n) is 3.75. The van der Waals surface area contributed by atoms with E-state index in [1.165, 1.54) is 0 Å². The molecule has 0 atom stereocenters. The van der Waals surface area contributed by atoms with Crippen LogP contribution >= 0.6 is 27.5 Å². The van der Waals surface area contributed by atoms with Gasteiger partial charge in [0.2, 0.25) is 5.28 Å². The third kappa shape index (κ3) is 3.17. The first-order chi connectivity index (χ1) is 8.04. The van der Waals surface area contributed by atoms with Crippen LogP contribution in [0.15, 0.2) is 28.7 Å². The molecule has 0 fully saturated rings. The van der Waals surface area contributed by atoms with E-state index in [0.717, 1.165) is 21.4 Å². The number of benzene rings is 1. The highest BCUT2D eigenvalue weighted by Gasteiger charge is 2.03. The smallest absolute Gasteiger partial charge is 0.224 e. The van der Waals surface area contributed by atoms with E-state index in [1.807, 2.05) is 38.1 Å². The van der Waals surface area contributed by atoms with Crippen LogP contribution in [-0.4, -0.2) is 9.97 Å². The van der Waals surface area contributed by atoms with Gasteiger partial charge in [0.1, 0.15) is 5.82 Å². The Morgan fingerprint density at radius 2 is 1.94 bits per heavy atom. The Labute approximate surface area is 113 Å². The number of hydrogen-bond donors (Lipinski definition) is 1. The molecule has 17 heavy (non-hydrogen) atoms. The lowest BCUT2D eigenvalue weighted by atomic mass is 10.2. The van der Waals surface area contributed by atoms with E-state index in [1.54, 1.807) is 0 Å². The second-order valence-corrected chi connectivity index (χ2v) is 5.00. The summed E-state index contributed by atoms with van der Waals surface area (Å²) in [5.41, 5.74) is 2.97. The molecule has 0 saturated carbocycles. The summed E-state index contributed by atoms with van der Waals surface area (Å²) in [6.45, 7) is 3.91. The molecule has 2 rings (SSSR count). The minimum Gasteiger partial charge on any atom is -0.340 e. The van der Waals surface area contributed by atoms with Gasteiger partial charge in [0.25, 0.3) is 0 Å². The van der Waals surface area contributed by atoms with Gasteiger partial charge in [-0.3, -0.25) is 0 Å². The molecule has 1 heterocycles. The lowest BCUT2D eigenvalue weighted by Gasteiger charge is -2.09. The largest absolute Gasteiger partial charge is 0.340 e. The summed E-state index contributed by atoms with van der Waals surface area (Å²) in [6, 6.07) is 7.86. The van der Waals surface area contributed by atoms with Gasteiger partial charge in [0, 0.05) is 21.9 Å². The summed E-state index contributed by atoms with van der Waals surface area (Å²) in [6.07, 6.45) is 0. The Kier molecular flexibility index (Phi) is 3.64. The zero-order chi connectivity index (χ0) is 12.4. The molecule has 0 unspecified atom stereocenters. The standard InChI is InChI=1S/C12H11BrClN3/c1-7-5-9(13)3-4-10(7)16-11-6-8(2)15-12(14)17-11/h3-6H,1-2H3,(H,15,16,17). The molecular formula is C12H11BrClN3. The quantitative estimate of drug-likeness (QED) is 0.842. The first-order valence-corrected chi connectivity index (χ1v) is 6.26. The Hall–Kier alpha value is -1.13. The van der Waals surface area contributed by atoms with Crippen molar-refractivity contribution < 1.29 is 0 Å². The maximum atomic E-state index is 5.81. The molecule has 0 saturated heterocycles. The van der Waals surface area contributed by atoms with Crippen LogP contribution < -0.4 is 5.32 Å². The van der Waals surface area contributed by atoms with Crippen molar-refractivity contribution in [3.63, 3.8) is 0 Å². The van der Waals surface area contributed by atoms with Gasteiger partial charge in [0.15, 0.2) is 0 Å². The maximum absolute atomic E-state index is 5.81. The Morgan fingerprint density at radius 3 is 2.59 bits per heavy atom. The van der Waals surface area contributed by atoms with Crippen LogP contribution in [0.25, 0.3) is 0 Å². The zero-order valence-corrected chi connectivity index (χ0v) is 11.8. The summed E-state index contributed by atoms with van der Waals surface area (Å²) < 4.78 is 1.05. The molecule has 1 aromatic heterocycles. The highest BCUT2D eigenvalue weighted by Crippen LogP contribution is 2.23. The SMILES string of the molecule is Cc1cc(Nc2ccc(Br)cc2C)nc(Cl)n1. The molecule has 2 aromatic rings. The fraction of sp³-hybridized carbons (Fsp3) is 0.167. The highest BCUT2D eigenvalue weighted by molar-refractivity contribution is 9.10. The van der Waals surface area contributed by atoms with E-state index in [4.69, 9.17) is 11.6 Å². The number of anilines is 2. The first-order valence-electron chi connectivity index (χ1n) is 5.09. The van der Waals surface area contributed by atoms with Crippen molar-refractivity contribution in [2.24, 2.45) is 0 Å². The Balaban J connectivity index is 2.31. The summed E-state index contributed by atoms with van der Waals surface area (Å²) >= 11 is 9.24. The number of nitrogens with one attached hydrogen (secondary N) is 1. The van der Waals surface area contributed by atoms with Crippen LogP contribution in [0.1, 0.15) is 11.3 Å².